The molecule has 0 bridgehead atoms. The molecule has 1 aromatic heterocycles. The Kier molecular flexibility index (Phi) is 4.20. The van der Waals surface area contributed by atoms with E-state index in [1.54, 1.807) is 0 Å². The molecule has 0 fully saturated rings. The van der Waals surface area contributed by atoms with E-state index in [4.69, 9.17) is 4.98 Å². The fraction of sp³-hybridized carbons (Fsp3) is 0.222. The Morgan fingerprint density at radius 2 is 1.52 bits per heavy atom. The largest absolute Gasteiger partial charge is 0.250 e. The highest BCUT2D eigenvalue weighted by Crippen LogP contribution is 2.31. The van der Waals surface area contributed by atoms with Crippen LogP contribution in [0.25, 0.3) is 11.0 Å². The summed E-state index contributed by atoms with van der Waals surface area (Å²) in [5.41, 5.74) is 5.42. The molecule has 0 amide bonds. The first kappa shape index (κ1) is 14.1. The number of hydrogen-bond acceptors (Lipinski definition) is 3. The zero-order valence-electron chi connectivity index (χ0n) is 12.3. The fourth-order valence-corrected chi connectivity index (χ4v) is 3.32. The summed E-state index contributed by atoms with van der Waals surface area (Å²) in [6.07, 6.45) is 0. The zero-order valence-corrected chi connectivity index (χ0v) is 13.1. The Morgan fingerprint density at radius 1 is 0.905 bits per heavy atom. The highest BCUT2D eigenvalue weighted by Gasteiger charge is 2.09. The van der Waals surface area contributed by atoms with Crippen LogP contribution < -0.4 is 0 Å². The van der Waals surface area contributed by atoms with Gasteiger partial charge in [-0.25, -0.2) is 9.97 Å². The van der Waals surface area contributed by atoms with E-state index in [2.05, 4.69) is 42.2 Å². The maximum Gasteiger partial charge on any atom is 0.0890 e. The summed E-state index contributed by atoms with van der Waals surface area (Å²) >= 11 is 1.90. The Morgan fingerprint density at radius 3 is 2.24 bits per heavy atom. The van der Waals surface area contributed by atoms with Crippen LogP contribution >= 0.6 is 11.8 Å². The minimum atomic E-state index is 0.457. The van der Waals surface area contributed by atoms with Crippen molar-refractivity contribution in [2.24, 2.45) is 0 Å². The van der Waals surface area contributed by atoms with Crippen LogP contribution in [-0.4, -0.2) is 9.97 Å². The van der Waals surface area contributed by atoms with Crippen LogP contribution in [0.5, 0.6) is 0 Å². The quantitative estimate of drug-likeness (QED) is 0.682. The van der Waals surface area contributed by atoms with Gasteiger partial charge in [-0.05, 0) is 31.5 Å². The van der Waals surface area contributed by atoms with Gasteiger partial charge >= 0.3 is 0 Å². The summed E-state index contributed by atoms with van der Waals surface area (Å²) in [6, 6.07) is 18.6. The molecule has 0 aliphatic carbocycles. The lowest BCUT2D eigenvalue weighted by Gasteiger charge is -2.12. The van der Waals surface area contributed by atoms with Gasteiger partial charge in [0.25, 0.3) is 0 Å². The Balaban J connectivity index is 1.77. The summed E-state index contributed by atoms with van der Waals surface area (Å²) < 4.78 is 0. The first-order chi connectivity index (χ1) is 10.2. The van der Waals surface area contributed by atoms with Gasteiger partial charge in [-0.15, -0.1) is 11.8 Å². The van der Waals surface area contributed by atoms with Crippen molar-refractivity contribution in [1.29, 1.82) is 0 Å². The molecule has 0 spiro atoms. The van der Waals surface area contributed by atoms with Crippen LogP contribution in [0.2, 0.25) is 0 Å². The maximum absolute atomic E-state index is 4.76. The molecule has 0 aliphatic rings. The molecule has 3 aromatic rings. The molecule has 2 aromatic carbocycles. The summed E-state index contributed by atoms with van der Waals surface area (Å²) in [7, 11) is 0. The number of aryl methyl sites for hydroxylation is 1. The van der Waals surface area contributed by atoms with Crippen LogP contribution in [0.4, 0.5) is 0 Å². The van der Waals surface area contributed by atoms with Gasteiger partial charge in [0.05, 0.1) is 22.4 Å². The van der Waals surface area contributed by atoms with Crippen molar-refractivity contribution in [1.82, 2.24) is 9.97 Å². The average molecular weight is 294 g/mol. The predicted octanol–water partition coefficient (Wildman–Crippen LogP) is 4.93. The van der Waals surface area contributed by atoms with Crippen LogP contribution in [0, 0.1) is 6.92 Å². The van der Waals surface area contributed by atoms with Crippen LogP contribution in [0.1, 0.15) is 29.1 Å². The number of para-hydroxylation sites is 2. The number of nitrogens with zero attached hydrogens (tertiary/aromatic N) is 2. The third kappa shape index (κ3) is 3.24. The SMILES string of the molecule is Cc1nc2ccccc2nc1CSC(C)c1ccccc1. The average Bonchev–Trinajstić information content (AvgIpc) is 2.53. The van der Waals surface area contributed by atoms with Gasteiger partial charge in [-0.3, -0.25) is 0 Å². The number of aromatic nitrogens is 2. The molecule has 1 heterocycles. The number of hydrogen-bond donors (Lipinski definition) is 0. The number of fused-ring (bicyclic) bond motifs is 1. The molecular formula is C18H18N2S. The smallest absolute Gasteiger partial charge is 0.0890 e. The highest BCUT2D eigenvalue weighted by atomic mass is 32.2. The van der Waals surface area contributed by atoms with Crippen molar-refractivity contribution in [3.05, 3.63) is 71.5 Å². The monoisotopic (exact) mass is 294 g/mol. The number of rotatable bonds is 4. The minimum Gasteiger partial charge on any atom is -0.250 e. The normalized spacial score (nSPS) is 12.5. The van der Waals surface area contributed by atoms with Gasteiger partial charge in [0.15, 0.2) is 0 Å². The van der Waals surface area contributed by atoms with Gasteiger partial charge in [0.1, 0.15) is 0 Å². The van der Waals surface area contributed by atoms with E-state index in [1.807, 2.05) is 43.0 Å². The molecule has 0 radical (unpaired) electrons. The predicted molar refractivity (Wildman–Crippen MR) is 90.4 cm³/mol. The first-order valence-electron chi connectivity index (χ1n) is 7.13. The highest BCUT2D eigenvalue weighted by molar-refractivity contribution is 7.98. The Labute approximate surface area is 129 Å². The lowest BCUT2D eigenvalue weighted by Crippen LogP contribution is -1.98. The van der Waals surface area contributed by atoms with E-state index in [9.17, 15) is 0 Å². The maximum atomic E-state index is 4.76. The van der Waals surface area contributed by atoms with Crippen molar-refractivity contribution >= 4 is 22.8 Å². The molecule has 106 valence electrons. The van der Waals surface area contributed by atoms with Crippen LogP contribution in [-0.2, 0) is 5.75 Å². The molecular weight excluding hydrogens is 276 g/mol. The number of thioether (sulfide) groups is 1. The van der Waals surface area contributed by atoms with E-state index >= 15 is 0 Å². The molecule has 3 rings (SSSR count). The molecule has 0 saturated carbocycles. The first-order valence-corrected chi connectivity index (χ1v) is 8.18. The van der Waals surface area contributed by atoms with Gasteiger partial charge in [0.2, 0.25) is 0 Å². The third-order valence-electron chi connectivity index (χ3n) is 3.58. The van der Waals surface area contributed by atoms with Gasteiger partial charge in [-0.1, -0.05) is 42.5 Å². The van der Waals surface area contributed by atoms with Crippen LogP contribution in [0.15, 0.2) is 54.6 Å². The topological polar surface area (TPSA) is 25.8 Å². The molecule has 3 heteroatoms. The second-order valence-electron chi connectivity index (χ2n) is 5.11. The van der Waals surface area contributed by atoms with Crippen molar-refractivity contribution < 1.29 is 0 Å². The van der Waals surface area contributed by atoms with Crippen molar-refractivity contribution in [3.8, 4) is 0 Å². The number of benzene rings is 2. The van der Waals surface area contributed by atoms with E-state index in [0.29, 0.717) is 5.25 Å². The second-order valence-corrected chi connectivity index (χ2v) is 6.44. The fourth-order valence-electron chi connectivity index (χ4n) is 2.29. The van der Waals surface area contributed by atoms with Gasteiger partial charge in [0, 0.05) is 11.0 Å². The van der Waals surface area contributed by atoms with E-state index in [0.717, 1.165) is 28.2 Å². The van der Waals surface area contributed by atoms with E-state index in [-0.39, 0.29) is 0 Å². The summed E-state index contributed by atoms with van der Waals surface area (Å²) in [4.78, 5) is 9.41. The van der Waals surface area contributed by atoms with E-state index in [1.165, 1.54) is 5.56 Å². The summed E-state index contributed by atoms with van der Waals surface area (Å²) in [5.74, 6) is 0.889. The third-order valence-corrected chi connectivity index (χ3v) is 4.79. The zero-order chi connectivity index (χ0) is 14.7. The summed E-state index contributed by atoms with van der Waals surface area (Å²) in [5, 5.41) is 0.457. The molecule has 2 nitrogen and oxygen atoms in total. The van der Waals surface area contributed by atoms with Crippen molar-refractivity contribution in [2.75, 3.05) is 0 Å². The lowest BCUT2D eigenvalue weighted by molar-refractivity contribution is 1.06. The van der Waals surface area contributed by atoms with Gasteiger partial charge < -0.3 is 0 Å². The Hall–Kier alpha value is -1.87. The second kappa shape index (κ2) is 6.27. The molecule has 1 atom stereocenters. The minimum absolute atomic E-state index is 0.457. The van der Waals surface area contributed by atoms with Gasteiger partial charge in [-0.2, -0.15) is 0 Å². The van der Waals surface area contributed by atoms with Crippen LogP contribution in [0.3, 0.4) is 0 Å². The standard InChI is InChI=1S/C18H18N2S/c1-13-18(20-17-11-7-6-10-16(17)19-13)12-21-14(2)15-8-4-3-5-9-15/h3-11,14H,12H2,1-2H3. The molecule has 1 unspecified atom stereocenters. The molecule has 0 N–H and O–H groups in total. The lowest BCUT2D eigenvalue weighted by atomic mass is 10.2. The summed E-state index contributed by atoms with van der Waals surface area (Å²) in [6.45, 7) is 4.28. The van der Waals surface area contributed by atoms with Crippen molar-refractivity contribution in [2.45, 2.75) is 24.9 Å². The van der Waals surface area contributed by atoms with Crippen molar-refractivity contribution in [3.63, 3.8) is 0 Å². The molecule has 21 heavy (non-hydrogen) atoms. The van der Waals surface area contributed by atoms with E-state index < -0.39 is 0 Å². The molecule has 0 saturated heterocycles. The Bertz CT molecular complexity index is 741. The molecule has 0 aliphatic heterocycles.